The normalized spacial score (nSPS) is 12.1. The minimum Gasteiger partial charge on any atom is -0.496 e. The van der Waals surface area contributed by atoms with E-state index < -0.39 is 0 Å². The molecule has 2 aromatic carbocycles. The zero-order valence-electron chi connectivity index (χ0n) is 14.0. The fourth-order valence-corrected chi connectivity index (χ4v) is 3.61. The number of carbonyl (C=O) groups is 1. The summed E-state index contributed by atoms with van der Waals surface area (Å²) in [5.41, 5.74) is 2.69. The monoisotopic (exact) mass is 340 g/mol. The van der Waals surface area contributed by atoms with Crippen molar-refractivity contribution in [3.63, 3.8) is 0 Å². The number of fused-ring (bicyclic) bond motifs is 1. The van der Waals surface area contributed by atoms with E-state index in [0.717, 1.165) is 33.0 Å². The van der Waals surface area contributed by atoms with Crippen molar-refractivity contribution in [1.29, 1.82) is 0 Å². The number of amides is 1. The summed E-state index contributed by atoms with van der Waals surface area (Å²) in [5.74, 6) is 0.783. The Labute approximate surface area is 145 Å². The fourth-order valence-electron chi connectivity index (χ4n) is 2.74. The van der Waals surface area contributed by atoms with E-state index in [9.17, 15) is 4.79 Å². The number of para-hydroxylation sites is 1. The Morgan fingerprint density at radius 3 is 2.88 bits per heavy atom. The van der Waals surface area contributed by atoms with Gasteiger partial charge in [0.05, 0.1) is 22.3 Å². The van der Waals surface area contributed by atoms with Gasteiger partial charge in [0.15, 0.2) is 0 Å². The lowest BCUT2D eigenvalue weighted by Crippen LogP contribution is -2.34. The lowest BCUT2D eigenvalue weighted by atomic mass is 10.1. The second-order valence-electron chi connectivity index (χ2n) is 5.81. The van der Waals surface area contributed by atoms with Gasteiger partial charge >= 0.3 is 0 Å². The number of hydrogen-bond donors (Lipinski definition) is 1. The van der Waals surface area contributed by atoms with E-state index in [1.807, 2.05) is 56.3 Å². The number of aryl methyl sites for hydroxylation is 1. The van der Waals surface area contributed by atoms with Crippen LogP contribution in [0.4, 0.5) is 0 Å². The standard InChI is InChI=1S/C19H20N2O2S/c1-12(10-14-6-4-5-7-17(14)23-3)20-19(22)15-8-9-16-18(11-15)24-13(2)21-16/h4-9,11-12H,10H2,1-3H3,(H,20,22). The molecule has 3 aromatic rings. The van der Waals surface area contributed by atoms with Crippen molar-refractivity contribution < 1.29 is 9.53 Å². The van der Waals surface area contributed by atoms with Gasteiger partial charge in [-0.15, -0.1) is 11.3 Å². The molecule has 1 atom stereocenters. The van der Waals surface area contributed by atoms with Crippen molar-refractivity contribution in [2.24, 2.45) is 0 Å². The number of methoxy groups -OCH3 is 1. The zero-order valence-corrected chi connectivity index (χ0v) is 14.8. The van der Waals surface area contributed by atoms with Crippen molar-refractivity contribution in [3.05, 3.63) is 58.6 Å². The van der Waals surface area contributed by atoms with Crippen LogP contribution in [-0.4, -0.2) is 24.0 Å². The summed E-state index contributed by atoms with van der Waals surface area (Å²) >= 11 is 1.60. The molecule has 0 bridgehead atoms. The zero-order chi connectivity index (χ0) is 17.1. The third-order valence-corrected chi connectivity index (χ3v) is 4.79. The molecule has 0 spiro atoms. The van der Waals surface area contributed by atoms with Crippen LogP contribution >= 0.6 is 11.3 Å². The second-order valence-corrected chi connectivity index (χ2v) is 7.04. The topological polar surface area (TPSA) is 51.2 Å². The minimum absolute atomic E-state index is 0.00712. The van der Waals surface area contributed by atoms with E-state index in [2.05, 4.69) is 10.3 Å². The molecule has 1 N–H and O–H groups in total. The molecule has 5 heteroatoms. The summed E-state index contributed by atoms with van der Waals surface area (Å²) in [6.45, 7) is 3.97. The summed E-state index contributed by atoms with van der Waals surface area (Å²) in [6.07, 6.45) is 0.720. The van der Waals surface area contributed by atoms with E-state index in [1.165, 1.54) is 0 Å². The Balaban J connectivity index is 1.70. The quantitative estimate of drug-likeness (QED) is 0.764. The van der Waals surface area contributed by atoms with Crippen LogP contribution in [0.15, 0.2) is 42.5 Å². The SMILES string of the molecule is COc1ccccc1CC(C)NC(=O)c1ccc2nc(C)sc2c1. The van der Waals surface area contributed by atoms with Crippen LogP contribution in [-0.2, 0) is 6.42 Å². The molecule has 0 saturated carbocycles. The number of rotatable bonds is 5. The third-order valence-electron chi connectivity index (χ3n) is 3.85. The van der Waals surface area contributed by atoms with E-state index in [1.54, 1.807) is 18.4 Å². The first-order valence-corrected chi connectivity index (χ1v) is 8.68. The summed E-state index contributed by atoms with van der Waals surface area (Å²) in [6, 6.07) is 13.5. The maximum absolute atomic E-state index is 12.5. The number of thiazole rings is 1. The van der Waals surface area contributed by atoms with Crippen LogP contribution in [0.25, 0.3) is 10.2 Å². The number of nitrogens with one attached hydrogen (secondary N) is 1. The van der Waals surface area contributed by atoms with Crippen molar-refractivity contribution in [2.45, 2.75) is 26.3 Å². The van der Waals surface area contributed by atoms with Gasteiger partial charge in [-0.05, 0) is 50.1 Å². The molecular formula is C19H20N2O2S. The lowest BCUT2D eigenvalue weighted by Gasteiger charge is -2.16. The van der Waals surface area contributed by atoms with Gasteiger partial charge in [-0.25, -0.2) is 4.98 Å². The van der Waals surface area contributed by atoms with Crippen molar-refractivity contribution in [1.82, 2.24) is 10.3 Å². The second kappa shape index (κ2) is 7.01. The molecule has 4 nitrogen and oxygen atoms in total. The average molecular weight is 340 g/mol. The number of ether oxygens (including phenoxy) is 1. The van der Waals surface area contributed by atoms with Gasteiger partial charge in [-0.1, -0.05) is 18.2 Å². The van der Waals surface area contributed by atoms with Gasteiger partial charge < -0.3 is 10.1 Å². The molecule has 0 fully saturated rings. The highest BCUT2D eigenvalue weighted by molar-refractivity contribution is 7.18. The Bertz CT molecular complexity index is 873. The maximum atomic E-state index is 12.5. The molecule has 124 valence electrons. The number of benzene rings is 2. The molecule has 0 aliphatic carbocycles. The summed E-state index contributed by atoms with van der Waals surface area (Å²) in [5, 5.41) is 4.06. The highest BCUT2D eigenvalue weighted by atomic mass is 32.1. The van der Waals surface area contributed by atoms with Crippen molar-refractivity contribution in [3.8, 4) is 5.75 Å². The van der Waals surface area contributed by atoms with Gasteiger partial charge in [-0.2, -0.15) is 0 Å². The molecule has 0 aliphatic rings. The predicted molar refractivity (Wildman–Crippen MR) is 98.0 cm³/mol. The van der Waals surface area contributed by atoms with E-state index in [-0.39, 0.29) is 11.9 Å². The largest absolute Gasteiger partial charge is 0.496 e. The van der Waals surface area contributed by atoms with Crippen LogP contribution in [0.5, 0.6) is 5.75 Å². The predicted octanol–water partition coefficient (Wildman–Crippen LogP) is 3.97. The van der Waals surface area contributed by atoms with Crippen molar-refractivity contribution >= 4 is 27.5 Å². The van der Waals surface area contributed by atoms with E-state index in [4.69, 9.17) is 4.74 Å². The lowest BCUT2D eigenvalue weighted by molar-refractivity contribution is 0.0940. The Morgan fingerprint density at radius 2 is 2.08 bits per heavy atom. The molecule has 1 aromatic heterocycles. The number of hydrogen-bond acceptors (Lipinski definition) is 4. The minimum atomic E-state index is -0.0645. The molecule has 0 radical (unpaired) electrons. The van der Waals surface area contributed by atoms with E-state index in [0.29, 0.717) is 5.56 Å². The highest BCUT2D eigenvalue weighted by Crippen LogP contribution is 2.23. The molecule has 0 aliphatic heterocycles. The van der Waals surface area contributed by atoms with Gasteiger partial charge in [-0.3, -0.25) is 4.79 Å². The smallest absolute Gasteiger partial charge is 0.251 e. The number of carbonyl (C=O) groups excluding carboxylic acids is 1. The Kier molecular flexibility index (Phi) is 4.81. The van der Waals surface area contributed by atoms with Gasteiger partial charge in [0.2, 0.25) is 0 Å². The molecule has 24 heavy (non-hydrogen) atoms. The van der Waals surface area contributed by atoms with Crippen LogP contribution in [0.3, 0.4) is 0 Å². The van der Waals surface area contributed by atoms with Gasteiger partial charge in [0.25, 0.3) is 5.91 Å². The van der Waals surface area contributed by atoms with E-state index >= 15 is 0 Å². The van der Waals surface area contributed by atoms with Crippen LogP contribution in [0, 0.1) is 6.92 Å². The van der Waals surface area contributed by atoms with Gasteiger partial charge in [0.1, 0.15) is 5.75 Å². The molecular weight excluding hydrogens is 320 g/mol. The van der Waals surface area contributed by atoms with Crippen LogP contribution in [0.2, 0.25) is 0 Å². The van der Waals surface area contributed by atoms with Gasteiger partial charge in [0, 0.05) is 11.6 Å². The Hall–Kier alpha value is -2.40. The molecule has 1 amide bonds. The summed E-state index contributed by atoms with van der Waals surface area (Å²) in [4.78, 5) is 16.9. The molecule has 1 heterocycles. The van der Waals surface area contributed by atoms with Crippen LogP contribution < -0.4 is 10.1 Å². The first kappa shape index (κ1) is 16.5. The molecule has 1 unspecified atom stereocenters. The van der Waals surface area contributed by atoms with Crippen LogP contribution in [0.1, 0.15) is 27.9 Å². The van der Waals surface area contributed by atoms with Crippen molar-refractivity contribution in [2.75, 3.05) is 7.11 Å². The number of aromatic nitrogens is 1. The third kappa shape index (κ3) is 3.57. The first-order chi connectivity index (χ1) is 11.6. The number of nitrogens with zero attached hydrogens (tertiary/aromatic N) is 1. The Morgan fingerprint density at radius 1 is 1.29 bits per heavy atom. The molecule has 3 rings (SSSR count). The summed E-state index contributed by atoms with van der Waals surface area (Å²) in [7, 11) is 1.66. The average Bonchev–Trinajstić information content (AvgIpc) is 2.94. The maximum Gasteiger partial charge on any atom is 0.251 e. The summed E-state index contributed by atoms with van der Waals surface area (Å²) < 4.78 is 6.41. The molecule has 0 saturated heterocycles. The first-order valence-electron chi connectivity index (χ1n) is 7.87. The highest BCUT2D eigenvalue weighted by Gasteiger charge is 2.13. The fraction of sp³-hybridized carbons (Fsp3) is 0.263.